The number of piperazine rings is 1. The molecule has 2 saturated heterocycles. The molecule has 1 atom stereocenters. The van der Waals surface area contributed by atoms with E-state index in [2.05, 4.69) is 16.8 Å². The zero-order valence-corrected chi connectivity index (χ0v) is 7.38. The highest BCUT2D eigenvalue weighted by molar-refractivity contribution is 4.84. The van der Waals surface area contributed by atoms with Crippen LogP contribution in [0.5, 0.6) is 0 Å². The van der Waals surface area contributed by atoms with Crippen molar-refractivity contribution < 1.29 is 4.74 Å². The number of rotatable bonds is 1. The molecule has 0 amide bonds. The first-order valence-corrected chi connectivity index (χ1v) is 4.79. The van der Waals surface area contributed by atoms with Gasteiger partial charge in [-0.1, -0.05) is 0 Å². The van der Waals surface area contributed by atoms with Gasteiger partial charge in [-0.25, -0.2) is 0 Å². The van der Waals surface area contributed by atoms with Crippen molar-refractivity contribution in [3.8, 4) is 0 Å². The minimum Gasteiger partial charge on any atom is -0.367 e. The smallest absolute Gasteiger partial charge is 0.150 e. The molecule has 0 aromatic rings. The predicted octanol–water partition coefficient (Wildman–Crippen LogP) is 0.109. The lowest BCUT2D eigenvalue weighted by Crippen LogP contribution is -2.49. The highest BCUT2D eigenvalue weighted by atomic mass is 16.5. The Morgan fingerprint density at radius 3 is 2.83 bits per heavy atom. The summed E-state index contributed by atoms with van der Waals surface area (Å²) in [5.74, 6) is 0. The Hall–Kier alpha value is -0.120. The van der Waals surface area contributed by atoms with Crippen LogP contribution < -0.4 is 5.32 Å². The summed E-state index contributed by atoms with van der Waals surface area (Å²) in [5, 5.41) is 3.34. The van der Waals surface area contributed by atoms with Gasteiger partial charge >= 0.3 is 0 Å². The molecular formula is C9H16N2O. The number of ether oxygens (including phenoxy) is 1. The molecule has 0 saturated carbocycles. The average Bonchev–Trinajstić information content (AvgIpc) is 2.21. The topological polar surface area (TPSA) is 24.5 Å². The molecule has 0 aromatic heterocycles. The Balaban J connectivity index is 1.80. The van der Waals surface area contributed by atoms with Gasteiger partial charge in [-0.05, 0) is 12.8 Å². The van der Waals surface area contributed by atoms with Crippen LogP contribution in [0.15, 0.2) is 0 Å². The second-order valence-electron chi connectivity index (χ2n) is 3.41. The molecule has 3 nitrogen and oxygen atoms in total. The summed E-state index contributed by atoms with van der Waals surface area (Å²) in [7, 11) is 0. The van der Waals surface area contributed by atoms with E-state index in [0.29, 0.717) is 6.04 Å². The molecule has 3 heteroatoms. The van der Waals surface area contributed by atoms with Gasteiger partial charge in [-0.3, -0.25) is 4.90 Å². The second-order valence-corrected chi connectivity index (χ2v) is 3.41. The summed E-state index contributed by atoms with van der Waals surface area (Å²) in [6, 6.07) is 0.459. The fraction of sp³-hybridized carbons (Fsp3) is 0.889. The van der Waals surface area contributed by atoms with Crippen LogP contribution in [0.2, 0.25) is 0 Å². The van der Waals surface area contributed by atoms with E-state index in [4.69, 9.17) is 4.74 Å². The Kier molecular flexibility index (Phi) is 2.98. The molecule has 12 heavy (non-hydrogen) atoms. The quantitative estimate of drug-likeness (QED) is 0.601. The molecule has 2 fully saturated rings. The molecule has 2 rings (SSSR count). The van der Waals surface area contributed by atoms with Crippen molar-refractivity contribution in [2.75, 3.05) is 32.8 Å². The number of nitrogens with zero attached hydrogens (tertiary/aromatic N) is 1. The van der Waals surface area contributed by atoms with Crippen LogP contribution in [-0.2, 0) is 4.74 Å². The van der Waals surface area contributed by atoms with E-state index in [0.717, 1.165) is 32.8 Å². The third kappa shape index (κ3) is 1.97. The third-order valence-electron chi connectivity index (χ3n) is 2.54. The van der Waals surface area contributed by atoms with Crippen LogP contribution in [0.25, 0.3) is 0 Å². The molecule has 1 unspecified atom stereocenters. The molecule has 2 aliphatic rings. The Morgan fingerprint density at radius 1 is 1.33 bits per heavy atom. The van der Waals surface area contributed by atoms with Gasteiger partial charge < -0.3 is 10.1 Å². The minimum atomic E-state index is 0.459. The summed E-state index contributed by atoms with van der Waals surface area (Å²) in [4.78, 5) is 2.45. The van der Waals surface area contributed by atoms with E-state index in [1.807, 2.05) is 0 Å². The maximum Gasteiger partial charge on any atom is 0.150 e. The van der Waals surface area contributed by atoms with E-state index in [9.17, 15) is 0 Å². The van der Waals surface area contributed by atoms with Crippen molar-refractivity contribution in [2.45, 2.75) is 18.9 Å². The highest BCUT2D eigenvalue weighted by Gasteiger charge is 2.23. The number of hydrogen-bond donors (Lipinski definition) is 1. The third-order valence-corrected chi connectivity index (χ3v) is 2.54. The summed E-state index contributed by atoms with van der Waals surface area (Å²) in [6.45, 7) is 8.45. The van der Waals surface area contributed by atoms with Gasteiger partial charge in [0.05, 0.1) is 0 Å². The number of hydrogen-bond acceptors (Lipinski definition) is 3. The van der Waals surface area contributed by atoms with Gasteiger partial charge in [0.25, 0.3) is 0 Å². The predicted molar refractivity (Wildman–Crippen MR) is 46.7 cm³/mol. The van der Waals surface area contributed by atoms with Gasteiger partial charge in [-0.2, -0.15) is 0 Å². The van der Waals surface area contributed by atoms with Crippen LogP contribution in [0.4, 0.5) is 0 Å². The molecule has 2 aliphatic heterocycles. The number of nitrogens with one attached hydrogen (secondary N) is 1. The van der Waals surface area contributed by atoms with Crippen molar-refractivity contribution in [2.24, 2.45) is 0 Å². The molecule has 0 aliphatic carbocycles. The summed E-state index contributed by atoms with van der Waals surface area (Å²) < 4.78 is 5.22. The van der Waals surface area contributed by atoms with Gasteiger partial charge in [-0.15, -0.1) is 0 Å². The maximum atomic E-state index is 5.22. The Labute approximate surface area is 74.1 Å². The molecule has 1 N–H and O–H groups in total. The molecule has 0 aromatic carbocycles. The SMILES string of the molecule is [C]1OCCCC1N1CCNCC1. The lowest BCUT2D eigenvalue weighted by atomic mass is 10.1. The molecule has 68 valence electrons. The normalized spacial score (nSPS) is 33.5. The van der Waals surface area contributed by atoms with Crippen molar-refractivity contribution in [1.82, 2.24) is 10.2 Å². The van der Waals surface area contributed by atoms with E-state index in [1.165, 1.54) is 12.8 Å². The summed E-state index contributed by atoms with van der Waals surface area (Å²) in [5.41, 5.74) is 0. The van der Waals surface area contributed by atoms with E-state index >= 15 is 0 Å². The first-order valence-electron chi connectivity index (χ1n) is 4.79. The van der Waals surface area contributed by atoms with Gasteiger partial charge in [0.1, 0.15) is 0 Å². The fourth-order valence-electron chi connectivity index (χ4n) is 1.81. The van der Waals surface area contributed by atoms with Crippen molar-refractivity contribution >= 4 is 0 Å². The van der Waals surface area contributed by atoms with Gasteiger partial charge in [0, 0.05) is 38.8 Å². The minimum absolute atomic E-state index is 0.459. The Morgan fingerprint density at radius 2 is 2.17 bits per heavy atom. The van der Waals surface area contributed by atoms with Gasteiger partial charge in [0.2, 0.25) is 0 Å². The summed E-state index contributed by atoms with van der Waals surface area (Å²) in [6.07, 6.45) is 2.40. The van der Waals surface area contributed by atoms with Crippen LogP contribution in [0.3, 0.4) is 0 Å². The average molecular weight is 168 g/mol. The van der Waals surface area contributed by atoms with Crippen LogP contribution in [-0.4, -0.2) is 43.7 Å². The van der Waals surface area contributed by atoms with E-state index in [1.54, 1.807) is 0 Å². The molecule has 0 bridgehead atoms. The zero-order valence-electron chi connectivity index (χ0n) is 7.38. The monoisotopic (exact) mass is 168 g/mol. The Bertz CT molecular complexity index is 112. The van der Waals surface area contributed by atoms with Crippen LogP contribution >= 0.6 is 0 Å². The van der Waals surface area contributed by atoms with E-state index < -0.39 is 0 Å². The van der Waals surface area contributed by atoms with Crippen LogP contribution in [0, 0.1) is 6.61 Å². The van der Waals surface area contributed by atoms with Crippen molar-refractivity contribution in [1.29, 1.82) is 0 Å². The first kappa shape index (κ1) is 8.48. The lowest BCUT2D eigenvalue weighted by Gasteiger charge is -2.35. The molecule has 2 radical (unpaired) electrons. The molecule has 2 heterocycles. The lowest BCUT2D eigenvalue weighted by molar-refractivity contribution is 0.0622. The fourth-order valence-corrected chi connectivity index (χ4v) is 1.81. The van der Waals surface area contributed by atoms with Gasteiger partial charge in [0.15, 0.2) is 6.61 Å². The zero-order chi connectivity index (χ0) is 8.23. The van der Waals surface area contributed by atoms with Crippen molar-refractivity contribution in [3.63, 3.8) is 0 Å². The second kappa shape index (κ2) is 4.21. The molecule has 0 spiro atoms. The van der Waals surface area contributed by atoms with Crippen LogP contribution in [0.1, 0.15) is 12.8 Å². The van der Waals surface area contributed by atoms with Crippen molar-refractivity contribution in [3.05, 3.63) is 6.61 Å². The highest BCUT2D eigenvalue weighted by Crippen LogP contribution is 2.16. The largest absolute Gasteiger partial charge is 0.367 e. The first-order chi connectivity index (χ1) is 5.97. The standard InChI is InChI=1S/C9H16N2O/c1-2-9(8-12-7-1)11-5-3-10-4-6-11/h9-10H,1-7H2. The maximum absolute atomic E-state index is 5.22. The van der Waals surface area contributed by atoms with E-state index in [-0.39, 0.29) is 0 Å². The summed E-state index contributed by atoms with van der Waals surface area (Å²) >= 11 is 0. The molecular weight excluding hydrogens is 152 g/mol.